The van der Waals surface area contributed by atoms with E-state index >= 15 is 0 Å². The molecular weight excluding hydrogens is 320 g/mol. The Bertz CT molecular complexity index is 543. The lowest BCUT2D eigenvalue weighted by atomic mass is 10.2. The van der Waals surface area contributed by atoms with E-state index in [2.05, 4.69) is 15.9 Å². The van der Waals surface area contributed by atoms with Crippen molar-refractivity contribution >= 4 is 33.4 Å². The molecule has 0 aliphatic heterocycles. The van der Waals surface area contributed by atoms with E-state index < -0.39 is 6.43 Å². The Labute approximate surface area is 117 Å². The molecule has 2 aromatic rings. The Morgan fingerprint density at radius 2 is 1.72 bits per heavy atom. The van der Waals surface area contributed by atoms with Crippen LogP contribution < -0.4 is 5.73 Å². The van der Waals surface area contributed by atoms with Gasteiger partial charge in [-0.25, -0.2) is 8.78 Å². The van der Waals surface area contributed by atoms with Crippen molar-refractivity contribution in [1.82, 2.24) is 0 Å². The van der Waals surface area contributed by atoms with E-state index in [9.17, 15) is 8.78 Å². The summed E-state index contributed by atoms with van der Waals surface area (Å²) in [6.45, 7) is 0. The van der Waals surface area contributed by atoms with Crippen molar-refractivity contribution in [2.45, 2.75) is 16.2 Å². The standard InChI is InChI=1S/C13H10BrF2NS/c14-8-1-4-10(5-2-8)18-12-6-3-9(17)7-11(12)13(15)16/h1-7,13H,17H2. The molecule has 0 amide bonds. The molecule has 2 aromatic carbocycles. The van der Waals surface area contributed by atoms with Gasteiger partial charge in [0.15, 0.2) is 0 Å². The number of hydrogen-bond acceptors (Lipinski definition) is 2. The van der Waals surface area contributed by atoms with Crippen LogP contribution in [0.5, 0.6) is 0 Å². The summed E-state index contributed by atoms with van der Waals surface area (Å²) >= 11 is 4.64. The second-order valence-corrected chi connectivity index (χ2v) is 5.68. The number of anilines is 1. The quantitative estimate of drug-likeness (QED) is 0.791. The SMILES string of the molecule is Nc1ccc(Sc2ccc(Br)cc2)c(C(F)F)c1. The summed E-state index contributed by atoms with van der Waals surface area (Å²) in [5, 5.41) is 0. The van der Waals surface area contributed by atoms with Crippen LogP contribution >= 0.6 is 27.7 Å². The van der Waals surface area contributed by atoms with Crippen LogP contribution in [0.25, 0.3) is 0 Å². The number of rotatable bonds is 3. The molecule has 2 rings (SSSR count). The van der Waals surface area contributed by atoms with Crippen molar-refractivity contribution in [2.24, 2.45) is 0 Å². The maximum absolute atomic E-state index is 12.9. The lowest BCUT2D eigenvalue weighted by molar-refractivity contribution is 0.148. The highest BCUT2D eigenvalue weighted by Crippen LogP contribution is 2.36. The van der Waals surface area contributed by atoms with Gasteiger partial charge in [-0.2, -0.15) is 0 Å². The van der Waals surface area contributed by atoms with Gasteiger partial charge in [0, 0.05) is 25.5 Å². The molecule has 2 N–H and O–H groups in total. The fourth-order valence-electron chi connectivity index (χ4n) is 1.46. The molecule has 0 unspecified atom stereocenters. The molecular formula is C13H10BrF2NS. The third kappa shape index (κ3) is 3.23. The Morgan fingerprint density at radius 1 is 1.06 bits per heavy atom. The predicted octanol–water partition coefficient (Wildman–Crippen LogP) is 5.12. The van der Waals surface area contributed by atoms with Crippen LogP contribution in [-0.4, -0.2) is 0 Å². The fourth-order valence-corrected chi connectivity index (χ4v) is 2.65. The summed E-state index contributed by atoms with van der Waals surface area (Å²) in [5.74, 6) is 0. The monoisotopic (exact) mass is 329 g/mol. The first-order valence-corrected chi connectivity index (χ1v) is 6.78. The van der Waals surface area contributed by atoms with E-state index in [1.54, 1.807) is 12.1 Å². The second-order valence-electron chi connectivity index (χ2n) is 3.65. The molecule has 5 heteroatoms. The van der Waals surface area contributed by atoms with E-state index in [0.29, 0.717) is 10.6 Å². The Balaban J connectivity index is 2.31. The molecule has 0 atom stereocenters. The van der Waals surface area contributed by atoms with Gasteiger partial charge in [0.25, 0.3) is 6.43 Å². The summed E-state index contributed by atoms with van der Waals surface area (Å²) in [6.07, 6.45) is -2.52. The van der Waals surface area contributed by atoms with Gasteiger partial charge < -0.3 is 5.73 Å². The minimum atomic E-state index is -2.52. The van der Waals surface area contributed by atoms with Crippen LogP contribution in [-0.2, 0) is 0 Å². The zero-order valence-corrected chi connectivity index (χ0v) is 11.6. The molecule has 0 radical (unpaired) electrons. The number of nitrogen functional groups attached to an aromatic ring is 1. The van der Waals surface area contributed by atoms with Crippen LogP contribution in [0.1, 0.15) is 12.0 Å². The van der Waals surface area contributed by atoms with Crippen molar-refractivity contribution in [3.63, 3.8) is 0 Å². The zero-order valence-electron chi connectivity index (χ0n) is 9.24. The molecule has 0 bridgehead atoms. The smallest absolute Gasteiger partial charge is 0.265 e. The highest BCUT2D eigenvalue weighted by atomic mass is 79.9. The van der Waals surface area contributed by atoms with Crippen molar-refractivity contribution < 1.29 is 8.78 Å². The highest BCUT2D eigenvalue weighted by molar-refractivity contribution is 9.10. The number of nitrogens with two attached hydrogens (primary N) is 1. The van der Waals surface area contributed by atoms with E-state index in [1.165, 1.54) is 17.8 Å². The average molecular weight is 330 g/mol. The molecule has 0 fully saturated rings. The lowest BCUT2D eigenvalue weighted by Crippen LogP contribution is -1.92. The maximum atomic E-state index is 12.9. The number of hydrogen-bond donors (Lipinski definition) is 1. The van der Waals surface area contributed by atoms with E-state index in [-0.39, 0.29) is 5.56 Å². The number of halogens is 3. The summed E-state index contributed by atoms with van der Waals surface area (Å²) in [4.78, 5) is 1.44. The second kappa shape index (κ2) is 5.71. The number of alkyl halides is 2. The van der Waals surface area contributed by atoms with Gasteiger partial charge in [-0.15, -0.1) is 0 Å². The van der Waals surface area contributed by atoms with Gasteiger partial charge >= 0.3 is 0 Å². The lowest BCUT2D eigenvalue weighted by Gasteiger charge is -2.09. The summed E-state index contributed by atoms with van der Waals surface area (Å²) < 4.78 is 26.8. The van der Waals surface area contributed by atoms with Gasteiger partial charge in [0.1, 0.15) is 0 Å². The van der Waals surface area contributed by atoms with Gasteiger partial charge in [-0.05, 0) is 42.5 Å². The molecule has 0 aliphatic carbocycles. The highest BCUT2D eigenvalue weighted by Gasteiger charge is 2.14. The van der Waals surface area contributed by atoms with Crippen molar-refractivity contribution in [1.29, 1.82) is 0 Å². The third-order valence-electron chi connectivity index (χ3n) is 2.31. The molecule has 0 spiro atoms. The normalized spacial score (nSPS) is 10.9. The van der Waals surface area contributed by atoms with Gasteiger partial charge in [0.05, 0.1) is 0 Å². The van der Waals surface area contributed by atoms with Crippen LogP contribution in [0, 0.1) is 0 Å². The van der Waals surface area contributed by atoms with Gasteiger partial charge in [0.2, 0.25) is 0 Å². The van der Waals surface area contributed by atoms with Crippen LogP contribution in [0.2, 0.25) is 0 Å². The topological polar surface area (TPSA) is 26.0 Å². The third-order valence-corrected chi connectivity index (χ3v) is 3.94. The van der Waals surface area contributed by atoms with E-state index in [1.807, 2.05) is 24.3 Å². The molecule has 0 saturated heterocycles. The van der Waals surface area contributed by atoms with Crippen molar-refractivity contribution in [3.8, 4) is 0 Å². The summed E-state index contributed by atoms with van der Waals surface area (Å²) in [6, 6.07) is 12.1. The maximum Gasteiger partial charge on any atom is 0.265 e. The van der Waals surface area contributed by atoms with Crippen molar-refractivity contribution in [3.05, 3.63) is 52.5 Å². The largest absolute Gasteiger partial charge is 0.399 e. The summed E-state index contributed by atoms with van der Waals surface area (Å²) in [5.41, 5.74) is 5.86. The average Bonchev–Trinajstić information content (AvgIpc) is 2.34. The molecule has 0 heterocycles. The summed E-state index contributed by atoms with van der Waals surface area (Å²) in [7, 11) is 0. The number of benzene rings is 2. The first-order chi connectivity index (χ1) is 8.56. The van der Waals surface area contributed by atoms with Gasteiger partial charge in [-0.1, -0.05) is 27.7 Å². The predicted molar refractivity (Wildman–Crippen MR) is 74.1 cm³/mol. The van der Waals surface area contributed by atoms with Crippen LogP contribution in [0.15, 0.2) is 56.7 Å². The zero-order chi connectivity index (χ0) is 13.1. The molecule has 0 aromatic heterocycles. The van der Waals surface area contributed by atoms with Crippen molar-refractivity contribution in [2.75, 3.05) is 5.73 Å². The molecule has 18 heavy (non-hydrogen) atoms. The van der Waals surface area contributed by atoms with Crippen LogP contribution in [0.3, 0.4) is 0 Å². The molecule has 0 aliphatic rings. The van der Waals surface area contributed by atoms with Crippen LogP contribution in [0.4, 0.5) is 14.5 Å². The Hall–Kier alpha value is -1.07. The minimum absolute atomic E-state index is 0.0251. The Morgan fingerprint density at radius 3 is 2.33 bits per heavy atom. The Kier molecular flexibility index (Phi) is 4.24. The molecule has 0 saturated carbocycles. The minimum Gasteiger partial charge on any atom is -0.399 e. The first kappa shape index (κ1) is 13.4. The van der Waals surface area contributed by atoms with Gasteiger partial charge in [-0.3, -0.25) is 0 Å². The molecule has 94 valence electrons. The van der Waals surface area contributed by atoms with E-state index in [0.717, 1.165) is 9.37 Å². The first-order valence-electron chi connectivity index (χ1n) is 5.17. The fraction of sp³-hybridized carbons (Fsp3) is 0.0769. The van der Waals surface area contributed by atoms with E-state index in [4.69, 9.17) is 5.73 Å². The molecule has 1 nitrogen and oxygen atoms in total.